The van der Waals surface area contributed by atoms with Gasteiger partial charge in [-0.1, -0.05) is 32.9 Å². The van der Waals surface area contributed by atoms with E-state index >= 15 is 0 Å². The van der Waals surface area contributed by atoms with Crippen LogP contribution in [0.3, 0.4) is 0 Å². The standard InChI is InChI=1S/C21H30N4O3/c1-14(2)25(18(26)11-8-12-22-20(28)21(3,4)5)13-17-23-16-10-7-6-9-15(16)19(27)24-17/h6-7,9-10,14H,8,11-13H2,1-5H3,(H,22,28)(H,23,24,27). The monoisotopic (exact) mass is 386 g/mol. The Labute approximate surface area is 165 Å². The molecule has 0 saturated carbocycles. The second-order valence-electron chi connectivity index (χ2n) is 8.25. The van der Waals surface area contributed by atoms with Gasteiger partial charge in [0.25, 0.3) is 5.56 Å². The van der Waals surface area contributed by atoms with Crippen LogP contribution in [0.2, 0.25) is 0 Å². The molecule has 0 spiro atoms. The number of benzene rings is 1. The molecule has 0 atom stereocenters. The topological polar surface area (TPSA) is 95.2 Å². The number of carbonyl (C=O) groups excluding carboxylic acids is 2. The number of fused-ring (bicyclic) bond motifs is 1. The first-order chi connectivity index (χ1) is 13.1. The first-order valence-electron chi connectivity index (χ1n) is 9.65. The summed E-state index contributed by atoms with van der Waals surface area (Å²) < 4.78 is 0. The molecule has 0 fully saturated rings. The number of hydrogen-bond acceptors (Lipinski definition) is 4. The van der Waals surface area contributed by atoms with Crippen molar-refractivity contribution in [2.45, 2.75) is 60.0 Å². The van der Waals surface area contributed by atoms with E-state index in [0.717, 1.165) is 0 Å². The summed E-state index contributed by atoms with van der Waals surface area (Å²) in [4.78, 5) is 45.7. The normalized spacial score (nSPS) is 11.6. The van der Waals surface area contributed by atoms with E-state index in [1.165, 1.54) is 0 Å². The number of para-hydroxylation sites is 1. The predicted octanol–water partition coefficient (Wildman–Crippen LogP) is 2.60. The molecule has 0 bridgehead atoms. The van der Waals surface area contributed by atoms with E-state index in [1.807, 2.05) is 40.7 Å². The Kier molecular flexibility index (Phi) is 6.94. The van der Waals surface area contributed by atoms with Gasteiger partial charge in [-0.2, -0.15) is 0 Å². The van der Waals surface area contributed by atoms with Crippen molar-refractivity contribution >= 4 is 22.7 Å². The van der Waals surface area contributed by atoms with Crippen LogP contribution in [0.15, 0.2) is 29.1 Å². The van der Waals surface area contributed by atoms with E-state index in [0.29, 0.717) is 36.1 Å². The van der Waals surface area contributed by atoms with Gasteiger partial charge >= 0.3 is 0 Å². The summed E-state index contributed by atoms with van der Waals surface area (Å²) in [5.41, 5.74) is -0.0364. The van der Waals surface area contributed by atoms with Gasteiger partial charge in [0.05, 0.1) is 17.4 Å². The van der Waals surface area contributed by atoms with Crippen molar-refractivity contribution in [2.75, 3.05) is 6.54 Å². The third-order valence-electron chi connectivity index (χ3n) is 4.46. The number of amides is 2. The largest absolute Gasteiger partial charge is 0.356 e. The molecule has 7 nitrogen and oxygen atoms in total. The second kappa shape index (κ2) is 8.99. The molecule has 0 saturated heterocycles. The van der Waals surface area contributed by atoms with Gasteiger partial charge in [-0.3, -0.25) is 14.4 Å². The van der Waals surface area contributed by atoms with Crippen molar-refractivity contribution in [1.29, 1.82) is 0 Å². The second-order valence-corrected chi connectivity index (χ2v) is 8.25. The molecule has 28 heavy (non-hydrogen) atoms. The van der Waals surface area contributed by atoms with Crippen LogP contribution < -0.4 is 10.9 Å². The van der Waals surface area contributed by atoms with Crippen molar-refractivity contribution in [3.63, 3.8) is 0 Å². The van der Waals surface area contributed by atoms with Gasteiger partial charge in [-0.25, -0.2) is 4.98 Å². The van der Waals surface area contributed by atoms with Gasteiger partial charge in [0.2, 0.25) is 11.8 Å². The number of aromatic amines is 1. The van der Waals surface area contributed by atoms with Crippen LogP contribution >= 0.6 is 0 Å². The molecule has 152 valence electrons. The highest BCUT2D eigenvalue weighted by Crippen LogP contribution is 2.13. The fourth-order valence-corrected chi connectivity index (χ4v) is 2.78. The summed E-state index contributed by atoms with van der Waals surface area (Å²) in [5, 5.41) is 3.38. The molecule has 2 aromatic rings. The first kappa shape index (κ1) is 21.6. The zero-order chi connectivity index (χ0) is 20.9. The molecule has 0 unspecified atom stereocenters. The lowest BCUT2D eigenvalue weighted by Gasteiger charge is -2.26. The molecule has 1 heterocycles. The van der Waals surface area contributed by atoms with E-state index in [1.54, 1.807) is 23.1 Å². The van der Waals surface area contributed by atoms with E-state index in [4.69, 9.17) is 0 Å². The molecule has 7 heteroatoms. The van der Waals surface area contributed by atoms with Crippen molar-refractivity contribution < 1.29 is 9.59 Å². The summed E-state index contributed by atoms with van der Waals surface area (Å²) in [7, 11) is 0. The van der Waals surface area contributed by atoms with Crippen LogP contribution in [-0.4, -0.2) is 39.3 Å². The van der Waals surface area contributed by atoms with E-state index < -0.39 is 5.41 Å². The minimum Gasteiger partial charge on any atom is -0.356 e. The highest BCUT2D eigenvalue weighted by molar-refractivity contribution is 5.81. The lowest BCUT2D eigenvalue weighted by molar-refractivity contribution is -0.134. The Hall–Kier alpha value is -2.70. The van der Waals surface area contributed by atoms with Gasteiger partial charge in [0.1, 0.15) is 5.82 Å². The van der Waals surface area contributed by atoms with Crippen LogP contribution in [0.4, 0.5) is 0 Å². The van der Waals surface area contributed by atoms with Gasteiger partial charge in [-0.15, -0.1) is 0 Å². The van der Waals surface area contributed by atoms with Crippen molar-refractivity contribution in [2.24, 2.45) is 5.41 Å². The van der Waals surface area contributed by atoms with Crippen LogP contribution in [0.25, 0.3) is 10.9 Å². The number of rotatable bonds is 7. The maximum Gasteiger partial charge on any atom is 0.258 e. The fraction of sp³-hybridized carbons (Fsp3) is 0.524. The third kappa shape index (κ3) is 5.65. The summed E-state index contributed by atoms with van der Waals surface area (Å²) >= 11 is 0. The zero-order valence-electron chi connectivity index (χ0n) is 17.3. The molecule has 0 aliphatic rings. The summed E-state index contributed by atoms with van der Waals surface area (Å²) in [6.07, 6.45) is 0.881. The maximum absolute atomic E-state index is 12.7. The predicted molar refractivity (Wildman–Crippen MR) is 110 cm³/mol. The zero-order valence-corrected chi connectivity index (χ0v) is 17.3. The van der Waals surface area contributed by atoms with Gasteiger partial charge in [0, 0.05) is 24.4 Å². The van der Waals surface area contributed by atoms with Gasteiger partial charge < -0.3 is 15.2 Å². The van der Waals surface area contributed by atoms with Crippen LogP contribution in [0.1, 0.15) is 53.3 Å². The minimum absolute atomic E-state index is 0.0291. The minimum atomic E-state index is -0.443. The summed E-state index contributed by atoms with van der Waals surface area (Å²) in [6, 6.07) is 7.10. The smallest absolute Gasteiger partial charge is 0.258 e. The van der Waals surface area contributed by atoms with Crippen molar-refractivity contribution in [3.05, 3.63) is 40.4 Å². The third-order valence-corrected chi connectivity index (χ3v) is 4.46. The Morgan fingerprint density at radius 1 is 1.21 bits per heavy atom. The lowest BCUT2D eigenvalue weighted by Crippen LogP contribution is -2.38. The number of nitrogens with one attached hydrogen (secondary N) is 2. The summed E-state index contributed by atoms with van der Waals surface area (Å²) in [6.45, 7) is 10.1. The summed E-state index contributed by atoms with van der Waals surface area (Å²) in [5.74, 6) is 0.404. The number of aromatic nitrogens is 2. The van der Waals surface area contributed by atoms with Crippen LogP contribution in [0.5, 0.6) is 0 Å². The first-order valence-corrected chi connectivity index (χ1v) is 9.65. The molecular formula is C21H30N4O3. The molecule has 2 amide bonds. The van der Waals surface area contributed by atoms with E-state index in [2.05, 4.69) is 15.3 Å². The molecule has 1 aromatic heterocycles. The van der Waals surface area contributed by atoms with E-state index in [9.17, 15) is 14.4 Å². The Morgan fingerprint density at radius 2 is 1.89 bits per heavy atom. The molecule has 0 aliphatic heterocycles. The quantitative estimate of drug-likeness (QED) is 0.715. The highest BCUT2D eigenvalue weighted by atomic mass is 16.2. The van der Waals surface area contributed by atoms with Crippen LogP contribution in [0, 0.1) is 5.41 Å². The maximum atomic E-state index is 12.7. The molecule has 1 aromatic carbocycles. The number of nitrogens with zero attached hydrogens (tertiary/aromatic N) is 2. The SMILES string of the molecule is CC(C)N(Cc1nc2ccccc2c(=O)[nH]1)C(=O)CCCNC(=O)C(C)(C)C. The fourth-order valence-electron chi connectivity index (χ4n) is 2.78. The molecule has 2 rings (SSSR count). The lowest BCUT2D eigenvalue weighted by atomic mass is 9.96. The van der Waals surface area contributed by atoms with Gasteiger partial charge in [-0.05, 0) is 32.4 Å². The molecule has 0 radical (unpaired) electrons. The molecular weight excluding hydrogens is 356 g/mol. The highest BCUT2D eigenvalue weighted by Gasteiger charge is 2.21. The average Bonchev–Trinajstić information content (AvgIpc) is 2.62. The average molecular weight is 386 g/mol. The van der Waals surface area contributed by atoms with Crippen molar-refractivity contribution in [3.8, 4) is 0 Å². The number of H-pyrrole nitrogens is 1. The van der Waals surface area contributed by atoms with Gasteiger partial charge in [0.15, 0.2) is 0 Å². The molecule has 0 aliphatic carbocycles. The Bertz CT molecular complexity index is 896. The van der Waals surface area contributed by atoms with Crippen molar-refractivity contribution in [1.82, 2.24) is 20.2 Å². The Balaban J connectivity index is 2.00. The Morgan fingerprint density at radius 3 is 2.54 bits per heavy atom. The molecule has 2 N–H and O–H groups in total. The van der Waals surface area contributed by atoms with Crippen LogP contribution in [-0.2, 0) is 16.1 Å². The van der Waals surface area contributed by atoms with E-state index in [-0.39, 0.29) is 30.0 Å². The number of carbonyl (C=O) groups is 2. The number of hydrogen-bond donors (Lipinski definition) is 2.